The summed E-state index contributed by atoms with van der Waals surface area (Å²) in [6.45, 7) is 2.68. The molecule has 2 aliphatic rings. The molecule has 2 heterocycles. The summed E-state index contributed by atoms with van der Waals surface area (Å²) in [7, 11) is 0. The molecule has 0 bridgehead atoms. The molecule has 3 rings (SSSR count). The van der Waals surface area contributed by atoms with Gasteiger partial charge in [0.2, 0.25) is 5.91 Å². The van der Waals surface area contributed by atoms with E-state index >= 15 is 0 Å². The smallest absolute Gasteiger partial charge is 0.242 e. The molecule has 1 atom stereocenters. The van der Waals surface area contributed by atoms with Crippen LogP contribution < -0.4 is 11.1 Å². The van der Waals surface area contributed by atoms with E-state index in [1.165, 1.54) is 0 Å². The molecule has 130 valence electrons. The summed E-state index contributed by atoms with van der Waals surface area (Å²) in [6, 6.07) is 10.4. The minimum absolute atomic E-state index is 0. The molecule has 1 unspecified atom stereocenters. The van der Waals surface area contributed by atoms with Crippen molar-refractivity contribution in [3.63, 3.8) is 0 Å². The first-order valence-corrected chi connectivity index (χ1v) is 7.65. The Hall–Kier alpha value is -1.01. The maximum absolute atomic E-state index is 12.6. The number of hydrogen-bond acceptors (Lipinski definition) is 4. The molecule has 1 aromatic carbocycles. The first-order chi connectivity index (χ1) is 10.2. The molecule has 0 aliphatic carbocycles. The Labute approximate surface area is 149 Å². The Balaban J connectivity index is 0.00000132. The summed E-state index contributed by atoms with van der Waals surface area (Å²) in [5, 5.41) is 3.48. The SMILES string of the molecule is Cl.Cl.NC1(C(=O)N2CCC(Nc3ccccc3)C2)CCOCC1. The average molecular weight is 362 g/mol. The van der Waals surface area contributed by atoms with Crippen molar-refractivity contribution in [1.29, 1.82) is 0 Å². The third-order valence-electron chi connectivity index (χ3n) is 4.43. The van der Waals surface area contributed by atoms with Crippen molar-refractivity contribution < 1.29 is 9.53 Å². The third-order valence-corrected chi connectivity index (χ3v) is 4.43. The van der Waals surface area contributed by atoms with Crippen molar-refractivity contribution in [2.45, 2.75) is 30.8 Å². The van der Waals surface area contributed by atoms with Gasteiger partial charge in [0, 0.05) is 38.0 Å². The Morgan fingerprint density at radius 1 is 1.22 bits per heavy atom. The number of nitrogens with two attached hydrogens (primary N) is 1. The fraction of sp³-hybridized carbons (Fsp3) is 0.562. The molecule has 0 spiro atoms. The second kappa shape index (κ2) is 8.73. The normalized spacial score (nSPS) is 22.7. The standard InChI is InChI=1S/C16H23N3O2.2ClH/c17-16(7-10-21-11-8-16)15(20)19-9-6-14(12-19)18-13-4-2-1-3-5-13;;/h1-5,14,18H,6-12,17H2;2*1H. The zero-order chi connectivity index (χ0) is 14.7. The Morgan fingerprint density at radius 3 is 2.52 bits per heavy atom. The highest BCUT2D eigenvalue weighted by Crippen LogP contribution is 2.24. The molecule has 1 amide bonds. The highest BCUT2D eigenvalue weighted by Gasteiger charge is 2.41. The van der Waals surface area contributed by atoms with Gasteiger partial charge in [0.25, 0.3) is 0 Å². The zero-order valence-electron chi connectivity index (χ0n) is 13.1. The topological polar surface area (TPSA) is 67.6 Å². The van der Waals surface area contributed by atoms with E-state index in [2.05, 4.69) is 5.32 Å². The van der Waals surface area contributed by atoms with Crippen molar-refractivity contribution in [2.24, 2.45) is 5.73 Å². The number of ether oxygens (including phenoxy) is 1. The maximum atomic E-state index is 12.6. The molecule has 2 saturated heterocycles. The number of hydrogen-bond donors (Lipinski definition) is 2. The van der Waals surface area contributed by atoms with E-state index in [1.54, 1.807) is 0 Å². The molecule has 5 nitrogen and oxygen atoms in total. The van der Waals surface area contributed by atoms with Crippen LogP contribution in [0.1, 0.15) is 19.3 Å². The van der Waals surface area contributed by atoms with Crippen LogP contribution in [-0.4, -0.2) is 48.7 Å². The van der Waals surface area contributed by atoms with Gasteiger partial charge in [0.05, 0.1) is 5.54 Å². The number of halogens is 2. The van der Waals surface area contributed by atoms with Crippen molar-refractivity contribution in [3.05, 3.63) is 30.3 Å². The zero-order valence-corrected chi connectivity index (χ0v) is 14.7. The number of benzene rings is 1. The van der Waals surface area contributed by atoms with Gasteiger partial charge in [0.15, 0.2) is 0 Å². The van der Waals surface area contributed by atoms with E-state index in [4.69, 9.17) is 10.5 Å². The molecular formula is C16H25Cl2N3O2. The van der Waals surface area contributed by atoms with Gasteiger partial charge in [-0.3, -0.25) is 4.79 Å². The molecule has 7 heteroatoms. The molecule has 3 N–H and O–H groups in total. The van der Waals surface area contributed by atoms with Crippen LogP contribution in [0.3, 0.4) is 0 Å². The van der Waals surface area contributed by atoms with E-state index in [-0.39, 0.29) is 30.7 Å². The predicted octanol–water partition coefficient (Wildman–Crippen LogP) is 2.05. The minimum atomic E-state index is -0.722. The fourth-order valence-electron chi connectivity index (χ4n) is 3.10. The lowest BCUT2D eigenvalue weighted by atomic mass is 9.90. The van der Waals surface area contributed by atoms with Gasteiger partial charge in [0.1, 0.15) is 0 Å². The highest BCUT2D eigenvalue weighted by molar-refractivity contribution is 5.86. The number of carbonyl (C=O) groups is 1. The van der Waals surface area contributed by atoms with Crippen LogP contribution >= 0.6 is 24.8 Å². The summed E-state index contributed by atoms with van der Waals surface area (Å²) < 4.78 is 5.31. The molecule has 0 aromatic heterocycles. The lowest BCUT2D eigenvalue weighted by Gasteiger charge is -2.35. The average Bonchev–Trinajstić information content (AvgIpc) is 2.96. The van der Waals surface area contributed by atoms with Crippen molar-refractivity contribution in [2.75, 3.05) is 31.6 Å². The first-order valence-electron chi connectivity index (χ1n) is 7.65. The first kappa shape index (κ1) is 20.0. The molecule has 0 saturated carbocycles. The van der Waals surface area contributed by atoms with Crippen molar-refractivity contribution in [1.82, 2.24) is 4.90 Å². The number of nitrogens with one attached hydrogen (secondary N) is 1. The van der Waals surface area contributed by atoms with Crippen LogP contribution in [-0.2, 0) is 9.53 Å². The summed E-state index contributed by atoms with van der Waals surface area (Å²) in [5.74, 6) is 0.0863. The van der Waals surface area contributed by atoms with Gasteiger partial charge in [-0.25, -0.2) is 0 Å². The van der Waals surface area contributed by atoms with Crippen LogP contribution in [0.2, 0.25) is 0 Å². The molecular weight excluding hydrogens is 337 g/mol. The summed E-state index contributed by atoms with van der Waals surface area (Å²) in [4.78, 5) is 14.5. The fourth-order valence-corrected chi connectivity index (χ4v) is 3.10. The number of rotatable bonds is 3. The molecule has 2 fully saturated rings. The van der Waals surface area contributed by atoms with E-state index in [0.29, 0.717) is 32.1 Å². The number of amides is 1. The maximum Gasteiger partial charge on any atom is 0.242 e. The van der Waals surface area contributed by atoms with Gasteiger partial charge in [-0.2, -0.15) is 0 Å². The van der Waals surface area contributed by atoms with Gasteiger partial charge >= 0.3 is 0 Å². The lowest BCUT2D eigenvalue weighted by molar-refractivity contribution is -0.139. The van der Waals surface area contributed by atoms with Crippen molar-refractivity contribution >= 4 is 36.4 Å². The van der Waals surface area contributed by atoms with Gasteiger partial charge in [-0.15, -0.1) is 24.8 Å². The quantitative estimate of drug-likeness (QED) is 0.864. The van der Waals surface area contributed by atoms with Crippen LogP contribution in [0, 0.1) is 0 Å². The van der Waals surface area contributed by atoms with Gasteiger partial charge < -0.3 is 20.7 Å². The molecule has 1 aromatic rings. The van der Waals surface area contributed by atoms with E-state index in [0.717, 1.165) is 25.2 Å². The number of likely N-dealkylation sites (tertiary alicyclic amines) is 1. The molecule has 2 aliphatic heterocycles. The Kier molecular flexibility index (Phi) is 7.61. The third kappa shape index (κ3) is 4.73. The van der Waals surface area contributed by atoms with Crippen LogP contribution in [0.4, 0.5) is 5.69 Å². The van der Waals surface area contributed by atoms with Crippen LogP contribution in [0.25, 0.3) is 0 Å². The van der Waals surface area contributed by atoms with E-state index < -0.39 is 5.54 Å². The number of anilines is 1. The lowest BCUT2D eigenvalue weighted by Crippen LogP contribution is -2.57. The molecule has 23 heavy (non-hydrogen) atoms. The van der Waals surface area contributed by atoms with E-state index in [9.17, 15) is 4.79 Å². The predicted molar refractivity (Wildman–Crippen MR) is 96.5 cm³/mol. The Bertz CT molecular complexity index is 495. The minimum Gasteiger partial charge on any atom is -0.381 e. The Morgan fingerprint density at radius 2 is 1.87 bits per heavy atom. The van der Waals surface area contributed by atoms with E-state index in [1.807, 2.05) is 35.2 Å². The number of nitrogens with zero attached hydrogens (tertiary/aromatic N) is 1. The van der Waals surface area contributed by atoms with Crippen LogP contribution in [0.5, 0.6) is 0 Å². The largest absolute Gasteiger partial charge is 0.381 e. The summed E-state index contributed by atoms with van der Waals surface area (Å²) in [5.41, 5.74) is 6.67. The van der Waals surface area contributed by atoms with Crippen molar-refractivity contribution in [3.8, 4) is 0 Å². The number of para-hydroxylation sites is 1. The molecule has 0 radical (unpaired) electrons. The van der Waals surface area contributed by atoms with Gasteiger partial charge in [-0.1, -0.05) is 18.2 Å². The number of carbonyl (C=O) groups excluding carboxylic acids is 1. The van der Waals surface area contributed by atoms with Crippen LogP contribution in [0.15, 0.2) is 30.3 Å². The monoisotopic (exact) mass is 361 g/mol. The van der Waals surface area contributed by atoms with Gasteiger partial charge in [-0.05, 0) is 31.4 Å². The summed E-state index contributed by atoms with van der Waals surface area (Å²) >= 11 is 0. The second-order valence-electron chi connectivity index (χ2n) is 6.02. The highest BCUT2D eigenvalue weighted by atomic mass is 35.5. The second-order valence-corrected chi connectivity index (χ2v) is 6.02. The summed E-state index contributed by atoms with van der Waals surface area (Å²) in [6.07, 6.45) is 2.21.